The van der Waals surface area contributed by atoms with Gasteiger partial charge in [-0.15, -0.1) is 5.10 Å². The SMILES string of the molecule is O=C(N[C@H]1CC[C@@H](n2nncc2-c2ccc(-c3nc4ccccc4o3)cc2)C1)[C@H]1CCCO1. The van der Waals surface area contributed by atoms with Gasteiger partial charge >= 0.3 is 0 Å². The normalized spacial score (nSPS) is 22.7. The van der Waals surface area contributed by atoms with Gasteiger partial charge in [-0.05, 0) is 56.4 Å². The lowest BCUT2D eigenvalue weighted by Crippen LogP contribution is -2.40. The average Bonchev–Trinajstić information content (AvgIpc) is 3.65. The Labute approximate surface area is 190 Å². The molecule has 8 heteroatoms. The van der Waals surface area contributed by atoms with Crippen LogP contribution in [0.1, 0.15) is 38.1 Å². The highest BCUT2D eigenvalue weighted by Crippen LogP contribution is 2.34. The van der Waals surface area contributed by atoms with Crippen molar-refractivity contribution in [2.45, 2.75) is 50.3 Å². The molecular formula is C25H25N5O3. The number of benzene rings is 2. The summed E-state index contributed by atoms with van der Waals surface area (Å²) in [5, 5.41) is 11.7. The van der Waals surface area contributed by atoms with Crippen LogP contribution in [-0.2, 0) is 9.53 Å². The number of hydrogen-bond acceptors (Lipinski definition) is 6. The van der Waals surface area contributed by atoms with Gasteiger partial charge in [-0.1, -0.05) is 29.5 Å². The molecule has 0 unspecified atom stereocenters. The molecule has 2 aromatic heterocycles. The first-order valence-electron chi connectivity index (χ1n) is 11.5. The standard InChI is InChI=1S/C25H25N5O3/c31-24(23-6-3-13-32-23)27-18-11-12-19(14-18)30-21(15-26-29-30)16-7-9-17(10-8-16)25-28-20-4-1-2-5-22(20)33-25/h1-2,4-5,7-10,15,18-19,23H,3,6,11-14H2,(H,27,31)/t18-,19+,23+/m0/s1. The summed E-state index contributed by atoms with van der Waals surface area (Å²) in [6, 6.07) is 16.2. The number of ether oxygens (including phenoxy) is 1. The molecule has 1 N–H and O–H groups in total. The minimum atomic E-state index is -0.286. The summed E-state index contributed by atoms with van der Waals surface area (Å²) < 4.78 is 13.4. The Hall–Kier alpha value is -3.52. The van der Waals surface area contributed by atoms with Gasteiger partial charge in [-0.2, -0.15) is 0 Å². The smallest absolute Gasteiger partial charge is 0.249 e. The van der Waals surface area contributed by atoms with E-state index in [4.69, 9.17) is 9.15 Å². The van der Waals surface area contributed by atoms with Crippen molar-refractivity contribution < 1.29 is 13.9 Å². The van der Waals surface area contributed by atoms with Gasteiger partial charge in [0, 0.05) is 23.8 Å². The molecule has 1 saturated carbocycles. The molecule has 33 heavy (non-hydrogen) atoms. The maximum atomic E-state index is 12.4. The van der Waals surface area contributed by atoms with Crippen LogP contribution in [-0.4, -0.2) is 44.6 Å². The number of nitrogens with zero attached hydrogens (tertiary/aromatic N) is 4. The van der Waals surface area contributed by atoms with Crippen molar-refractivity contribution in [1.82, 2.24) is 25.3 Å². The lowest BCUT2D eigenvalue weighted by atomic mass is 10.1. The predicted octanol–water partition coefficient (Wildman–Crippen LogP) is 4.14. The highest BCUT2D eigenvalue weighted by molar-refractivity contribution is 5.81. The van der Waals surface area contributed by atoms with E-state index in [0.29, 0.717) is 12.5 Å². The minimum absolute atomic E-state index is 0.0201. The predicted molar refractivity (Wildman–Crippen MR) is 122 cm³/mol. The van der Waals surface area contributed by atoms with Crippen LogP contribution in [0.15, 0.2) is 59.1 Å². The Balaban J connectivity index is 1.17. The third-order valence-electron chi connectivity index (χ3n) is 6.62. The number of nitrogens with one attached hydrogen (secondary N) is 1. The van der Waals surface area contributed by atoms with Crippen molar-refractivity contribution in [2.24, 2.45) is 0 Å². The zero-order chi connectivity index (χ0) is 22.2. The van der Waals surface area contributed by atoms with Gasteiger partial charge in [-0.3, -0.25) is 4.79 Å². The number of carbonyl (C=O) groups excluding carboxylic acids is 1. The summed E-state index contributed by atoms with van der Waals surface area (Å²) in [6.07, 6.45) is 6.01. The van der Waals surface area contributed by atoms with Gasteiger partial charge in [0.15, 0.2) is 5.58 Å². The largest absolute Gasteiger partial charge is 0.436 e. The molecule has 3 atom stereocenters. The van der Waals surface area contributed by atoms with Crippen molar-refractivity contribution in [3.63, 3.8) is 0 Å². The van der Waals surface area contributed by atoms with Gasteiger partial charge in [0.1, 0.15) is 11.6 Å². The third kappa shape index (κ3) is 3.91. The van der Waals surface area contributed by atoms with E-state index >= 15 is 0 Å². The Morgan fingerprint density at radius 3 is 2.70 bits per heavy atom. The molecule has 8 nitrogen and oxygen atoms in total. The lowest BCUT2D eigenvalue weighted by Gasteiger charge is -2.17. The number of para-hydroxylation sites is 2. The second-order valence-electron chi connectivity index (χ2n) is 8.80. The summed E-state index contributed by atoms with van der Waals surface area (Å²) in [5.74, 6) is 0.627. The lowest BCUT2D eigenvalue weighted by molar-refractivity contribution is -0.130. The number of carbonyl (C=O) groups is 1. The molecule has 2 aliphatic rings. The molecule has 0 bridgehead atoms. The van der Waals surface area contributed by atoms with Crippen LogP contribution in [0.4, 0.5) is 0 Å². The van der Waals surface area contributed by atoms with E-state index < -0.39 is 0 Å². The van der Waals surface area contributed by atoms with E-state index in [1.165, 1.54) is 0 Å². The maximum absolute atomic E-state index is 12.4. The summed E-state index contributed by atoms with van der Waals surface area (Å²) in [4.78, 5) is 17.0. The average molecular weight is 444 g/mol. The highest BCUT2D eigenvalue weighted by Gasteiger charge is 2.32. The van der Waals surface area contributed by atoms with Crippen LogP contribution in [0.25, 0.3) is 33.8 Å². The number of rotatable bonds is 5. The molecule has 3 heterocycles. The van der Waals surface area contributed by atoms with E-state index in [0.717, 1.165) is 60.0 Å². The summed E-state index contributed by atoms with van der Waals surface area (Å²) in [7, 11) is 0. The molecule has 4 aromatic rings. The first-order chi connectivity index (χ1) is 16.2. The molecule has 168 valence electrons. The highest BCUT2D eigenvalue weighted by atomic mass is 16.5. The summed E-state index contributed by atoms with van der Waals surface area (Å²) in [6.45, 7) is 0.679. The van der Waals surface area contributed by atoms with E-state index in [-0.39, 0.29) is 24.1 Å². The van der Waals surface area contributed by atoms with E-state index in [9.17, 15) is 4.79 Å². The van der Waals surface area contributed by atoms with Gasteiger partial charge in [0.05, 0.1) is 17.9 Å². The van der Waals surface area contributed by atoms with E-state index in [2.05, 4.69) is 20.6 Å². The van der Waals surface area contributed by atoms with Crippen LogP contribution in [0, 0.1) is 0 Å². The van der Waals surface area contributed by atoms with Crippen LogP contribution < -0.4 is 5.32 Å². The fourth-order valence-corrected chi connectivity index (χ4v) is 4.89. The first-order valence-corrected chi connectivity index (χ1v) is 11.5. The van der Waals surface area contributed by atoms with Crippen molar-refractivity contribution >= 4 is 17.0 Å². The number of fused-ring (bicyclic) bond motifs is 1. The van der Waals surface area contributed by atoms with E-state index in [1.807, 2.05) is 53.2 Å². The van der Waals surface area contributed by atoms with Crippen LogP contribution in [0.3, 0.4) is 0 Å². The molecule has 0 spiro atoms. The Bertz CT molecular complexity index is 1240. The number of aromatic nitrogens is 4. The molecule has 0 radical (unpaired) electrons. The zero-order valence-corrected chi connectivity index (χ0v) is 18.2. The molecule has 2 fully saturated rings. The fourth-order valence-electron chi connectivity index (χ4n) is 4.89. The Kier molecular flexibility index (Phi) is 5.14. The van der Waals surface area contributed by atoms with E-state index in [1.54, 1.807) is 6.20 Å². The number of oxazole rings is 1. The van der Waals surface area contributed by atoms with Crippen molar-refractivity contribution in [3.8, 4) is 22.7 Å². The fraction of sp³-hybridized carbons (Fsp3) is 0.360. The van der Waals surface area contributed by atoms with Gasteiger partial charge in [-0.25, -0.2) is 9.67 Å². The molecule has 2 aromatic carbocycles. The molecule has 1 saturated heterocycles. The molecule has 1 amide bonds. The zero-order valence-electron chi connectivity index (χ0n) is 18.2. The third-order valence-corrected chi connectivity index (χ3v) is 6.62. The van der Waals surface area contributed by atoms with Gasteiger partial charge in [0.25, 0.3) is 0 Å². The van der Waals surface area contributed by atoms with Gasteiger partial charge < -0.3 is 14.5 Å². The van der Waals surface area contributed by atoms with Crippen LogP contribution in [0.2, 0.25) is 0 Å². The molecule has 6 rings (SSSR count). The van der Waals surface area contributed by atoms with Crippen LogP contribution in [0.5, 0.6) is 0 Å². The molecular weight excluding hydrogens is 418 g/mol. The monoisotopic (exact) mass is 443 g/mol. The first kappa shape index (κ1) is 20.1. The second kappa shape index (κ2) is 8.44. The Morgan fingerprint density at radius 2 is 1.88 bits per heavy atom. The second-order valence-corrected chi connectivity index (χ2v) is 8.80. The number of amides is 1. The Morgan fingerprint density at radius 1 is 1.03 bits per heavy atom. The van der Waals surface area contributed by atoms with Crippen molar-refractivity contribution in [3.05, 3.63) is 54.7 Å². The summed E-state index contributed by atoms with van der Waals surface area (Å²) in [5.41, 5.74) is 4.55. The molecule has 1 aliphatic heterocycles. The topological polar surface area (TPSA) is 95.1 Å². The summed E-state index contributed by atoms with van der Waals surface area (Å²) >= 11 is 0. The minimum Gasteiger partial charge on any atom is -0.436 e. The van der Waals surface area contributed by atoms with Gasteiger partial charge in [0.2, 0.25) is 11.8 Å². The number of hydrogen-bond donors (Lipinski definition) is 1. The van der Waals surface area contributed by atoms with Crippen LogP contribution >= 0.6 is 0 Å². The van der Waals surface area contributed by atoms with Crippen molar-refractivity contribution in [1.29, 1.82) is 0 Å². The van der Waals surface area contributed by atoms with Crippen molar-refractivity contribution in [2.75, 3.05) is 6.61 Å². The maximum Gasteiger partial charge on any atom is 0.249 e. The molecule has 1 aliphatic carbocycles. The quantitative estimate of drug-likeness (QED) is 0.498.